The Hall–Kier alpha value is -2.15. The Morgan fingerprint density at radius 3 is 2.83 bits per heavy atom. The molecule has 0 radical (unpaired) electrons. The molecular formula is C17H22N4O2S. The monoisotopic (exact) mass is 346 g/mol. The molecule has 24 heavy (non-hydrogen) atoms. The number of aryl methyl sites for hydroxylation is 2. The number of pyridine rings is 1. The highest BCUT2D eigenvalue weighted by molar-refractivity contribution is 7.13. The summed E-state index contributed by atoms with van der Waals surface area (Å²) in [4.78, 5) is 35.9. The van der Waals surface area contributed by atoms with Crippen LogP contribution in [0.4, 0.5) is 5.13 Å². The zero-order valence-corrected chi connectivity index (χ0v) is 14.9. The molecule has 0 aliphatic carbocycles. The lowest BCUT2D eigenvalue weighted by atomic mass is 10.1. The van der Waals surface area contributed by atoms with Crippen LogP contribution < -0.4 is 10.5 Å². The first-order chi connectivity index (χ1) is 11.6. The van der Waals surface area contributed by atoms with E-state index in [-0.39, 0.29) is 11.5 Å². The maximum Gasteiger partial charge on any atom is 0.254 e. The van der Waals surface area contributed by atoms with Gasteiger partial charge >= 0.3 is 0 Å². The third-order valence-corrected chi connectivity index (χ3v) is 5.21. The summed E-state index contributed by atoms with van der Waals surface area (Å²) in [7, 11) is 0. The van der Waals surface area contributed by atoms with Crippen LogP contribution in [0.5, 0.6) is 0 Å². The van der Waals surface area contributed by atoms with Crippen LogP contribution in [0.3, 0.4) is 0 Å². The quantitative estimate of drug-likeness (QED) is 0.923. The maximum absolute atomic E-state index is 12.8. The summed E-state index contributed by atoms with van der Waals surface area (Å²) >= 11 is 1.64. The molecule has 0 bridgehead atoms. The summed E-state index contributed by atoms with van der Waals surface area (Å²) in [6.07, 6.45) is 1.60. The van der Waals surface area contributed by atoms with Crippen LogP contribution in [0.1, 0.15) is 35.1 Å². The van der Waals surface area contributed by atoms with E-state index in [1.165, 1.54) is 6.07 Å². The van der Waals surface area contributed by atoms with Gasteiger partial charge in [-0.3, -0.25) is 9.59 Å². The predicted octanol–water partition coefficient (Wildman–Crippen LogP) is 2.05. The average Bonchev–Trinajstić information content (AvgIpc) is 2.86. The van der Waals surface area contributed by atoms with Crippen molar-refractivity contribution in [2.24, 2.45) is 0 Å². The number of H-pyrrole nitrogens is 1. The van der Waals surface area contributed by atoms with Gasteiger partial charge in [-0.15, -0.1) is 11.3 Å². The molecule has 1 aliphatic heterocycles. The maximum atomic E-state index is 12.8. The highest BCUT2D eigenvalue weighted by atomic mass is 32.1. The minimum Gasteiger partial charge on any atom is -0.346 e. The van der Waals surface area contributed by atoms with Crippen LogP contribution in [0.15, 0.2) is 22.3 Å². The Kier molecular flexibility index (Phi) is 4.99. The van der Waals surface area contributed by atoms with Crippen molar-refractivity contribution in [2.45, 2.75) is 26.7 Å². The Labute approximate surface area is 145 Å². The van der Waals surface area contributed by atoms with Gasteiger partial charge in [0.25, 0.3) is 5.91 Å². The van der Waals surface area contributed by atoms with E-state index in [9.17, 15) is 9.59 Å². The minimum absolute atomic E-state index is 0.0621. The first-order valence-electron chi connectivity index (χ1n) is 8.26. The van der Waals surface area contributed by atoms with Gasteiger partial charge in [0.2, 0.25) is 5.56 Å². The number of anilines is 1. The lowest BCUT2D eigenvalue weighted by Crippen LogP contribution is -2.35. The summed E-state index contributed by atoms with van der Waals surface area (Å²) in [6, 6.07) is 3.19. The molecule has 7 heteroatoms. The lowest BCUT2D eigenvalue weighted by molar-refractivity contribution is 0.0766. The molecule has 2 aromatic heterocycles. The lowest BCUT2D eigenvalue weighted by Gasteiger charge is -2.22. The second-order valence-corrected chi connectivity index (χ2v) is 6.85. The molecule has 3 rings (SSSR count). The van der Waals surface area contributed by atoms with Crippen molar-refractivity contribution in [2.75, 3.05) is 31.1 Å². The molecule has 128 valence electrons. The van der Waals surface area contributed by atoms with E-state index in [4.69, 9.17) is 0 Å². The number of aromatic amines is 1. The van der Waals surface area contributed by atoms with Crippen molar-refractivity contribution >= 4 is 22.4 Å². The second-order valence-electron chi connectivity index (χ2n) is 6.02. The van der Waals surface area contributed by atoms with Gasteiger partial charge in [0.1, 0.15) is 0 Å². The molecule has 0 aromatic carbocycles. The average molecular weight is 346 g/mol. The summed E-state index contributed by atoms with van der Waals surface area (Å²) in [6.45, 7) is 6.96. The van der Waals surface area contributed by atoms with E-state index in [0.29, 0.717) is 25.1 Å². The van der Waals surface area contributed by atoms with Crippen LogP contribution in [-0.2, 0) is 6.42 Å². The minimum atomic E-state index is -0.215. The standard InChI is InChI=1S/C17H22N4O2S/c1-3-14-9-13(10-15(22)19-14)16(23)20-5-4-6-21(8-7-20)17-18-12(2)11-24-17/h9-11H,3-8H2,1-2H3,(H,19,22). The molecule has 1 fully saturated rings. The van der Waals surface area contributed by atoms with Crippen molar-refractivity contribution in [3.05, 3.63) is 44.8 Å². The third-order valence-electron chi connectivity index (χ3n) is 4.19. The SMILES string of the molecule is CCc1cc(C(=O)N2CCCN(c3nc(C)cs3)CC2)cc(=O)[nH]1. The zero-order valence-electron chi connectivity index (χ0n) is 14.0. The van der Waals surface area contributed by atoms with Crippen LogP contribution in [-0.4, -0.2) is 47.0 Å². The third kappa shape index (κ3) is 3.67. The van der Waals surface area contributed by atoms with Gasteiger partial charge in [-0.05, 0) is 25.8 Å². The zero-order chi connectivity index (χ0) is 17.1. The van der Waals surface area contributed by atoms with Gasteiger partial charge in [0.15, 0.2) is 5.13 Å². The Morgan fingerprint density at radius 2 is 2.12 bits per heavy atom. The number of rotatable bonds is 3. The summed E-state index contributed by atoms with van der Waals surface area (Å²) in [5, 5.41) is 3.07. The number of aromatic nitrogens is 2. The van der Waals surface area contributed by atoms with E-state index in [0.717, 1.165) is 36.0 Å². The largest absolute Gasteiger partial charge is 0.346 e. The van der Waals surface area contributed by atoms with E-state index < -0.39 is 0 Å². The number of nitrogens with zero attached hydrogens (tertiary/aromatic N) is 3. The molecule has 1 amide bonds. The Bertz CT molecular complexity index is 783. The van der Waals surface area contributed by atoms with Gasteiger partial charge in [-0.1, -0.05) is 6.92 Å². The Balaban J connectivity index is 1.72. The molecule has 0 atom stereocenters. The molecule has 1 aliphatic rings. The highest BCUT2D eigenvalue weighted by Crippen LogP contribution is 2.21. The molecule has 2 aromatic rings. The number of hydrogen-bond acceptors (Lipinski definition) is 5. The van der Waals surface area contributed by atoms with Crippen LogP contribution >= 0.6 is 11.3 Å². The van der Waals surface area contributed by atoms with Crippen LogP contribution in [0.25, 0.3) is 0 Å². The first-order valence-corrected chi connectivity index (χ1v) is 9.14. The molecule has 1 saturated heterocycles. The van der Waals surface area contributed by atoms with Crippen LogP contribution in [0.2, 0.25) is 0 Å². The van der Waals surface area contributed by atoms with E-state index in [2.05, 4.69) is 14.9 Å². The number of hydrogen-bond donors (Lipinski definition) is 1. The molecule has 3 heterocycles. The molecule has 6 nitrogen and oxygen atoms in total. The van der Waals surface area contributed by atoms with E-state index >= 15 is 0 Å². The molecule has 0 spiro atoms. The molecule has 0 unspecified atom stereocenters. The number of amides is 1. The predicted molar refractivity (Wildman–Crippen MR) is 96.0 cm³/mol. The Morgan fingerprint density at radius 1 is 1.29 bits per heavy atom. The first kappa shape index (κ1) is 16.7. The van der Waals surface area contributed by atoms with Gasteiger partial charge in [0, 0.05) is 48.9 Å². The summed E-state index contributed by atoms with van der Waals surface area (Å²) in [5.41, 5.74) is 2.09. The van der Waals surface area contributed by atoms with Gasteiger partial charge in [-0.2, -0.15) is 0 Å². The second kappa shape index (κ2) is 7.17. The number of carbonyl (C=O) groups excluding carboxylic acids is 1. The fourth-order valence-electron chi connectivity index (χ4n) is 2.90. The normalized spacial score (nSPS) is 15.4. The van der Waals surface area contributed by atoms with Gasteiger partial charge in [0.05, 0.1) is 5.69 Å². The number of thiazole rings is 1. The summed E-state index contributed by atoms with van der Waals surface area (Å²) in [5.74, 6) is -0.0621. The number of carbonyl (C=O) groups is 1. The molecular weight excluding hydrogens is 324 g/mol. The fraction of sp³-hybridized carbons (Fsp3) is 0.471. The highest BCUT2D eigenvalue weighted by Gasteiger charge is 2.22. The van der Waals surface area contributed by atoms with Crippen molar-refractivity contribution < 1.29 is 4.79 Å². The van der Waals surface area contributed by atoms with E-state index in [1.54, 1.807) is 17.4 Å². The van der Waals surface area contributed by atoms with Crippen molar-refractivity contribution in [1.82, 2.24) is 14.9 Å². The molecule has 0 saturated carbocycles. The van der Waals surface area contributed by atoms with Crippen molar-refractivity contribution in [1.29, 1.82) is 0 Å². The van der Waals surface area contributed by atoms with Gasteiger partial charge in [-0.25, -0.2) is 4.98 Å². The van der Waals surface area contributed by atoms with Crippen LogP contribution in [0, 0.1) is 6.92 Å². The van der Waals surface area contributed by atoms with Crippen molar-refractivity contribution in [3.8, 4) is 0 Å². The summed E-state index contributed by atoms with van der Waals surface area (Å²) < 4.78 is 0. The van der Waals surface area contributed by atoms with Gasteiger partial charge < -0.3 is 14.8 Å². The smallest absolute Gasteiger partial charge is 0.254 e. The fourth-order valence-corrected chi connectivity index (χ4v) is 3.75. The topological polar surface area (TPSA) is 69.3 Å². The van der Waals surface area contributed by atoms with E-state index in [1.807, 2.05) is 24.1 Å². The molecule has 1 N–H and O–H groups in total. The van der Waals surface area contributed by atoms with Crippen molar-refractivity contribution in [3.63, 3.8) is 0 Å². The number of nitrogens with one attached hydrogen (secondary N) is 1.